The molecule has 0 radical (unpaired) electrons. The molecule has 2 nitrogen and oxygen atoms in total. The van der Waals surface area contributed by atoms with E-state index in [4.69, 9.17) is 9.53 Å². The lowest BCUT2D eigenvalue weighted by Crippen LogP contribution is -2.66. The maximum Gasteiger partial charge on any atom is 0.261 e. The third-order valence-corrected chi connectivity index (χ3v) is 12.5. The van der Waals surface area contributed by atoms with E-state index in [0.29, 0.717) is 6.61 Å². The highest BCUT2D eigenvalue weighted by atomic mass is 28.4. The molecule has 3 heteroatoms. The fourth-order valence-corrected chi connectivity index (χ4v) is 9.57. The van der Waals surface area contributed by atoms with Crippen molar-refractivity contribution in [3.8, 4) is 0 Å². The molecule has 0 aromatic heterocycles. The SMILES string of the molecule is C/C(=C\CC/C(C)=C/CC/C(C)=C/CC/C(C)=C/CO[Si](c1ccccc1)(c1ccccc1)C(C)(C)C)CO. The summed E-state index contributed by atoms with van der Waals surface area (Å²) in [4.78, 5) is 0. The van der Waals surface area contributed by atoms with Crippen LogP contribution in [0.5, 0.6) is 0 Å². The number of rotatable bonds is 15. The Balaban J connectivity index is 1.96. The zero-order valence-corrected chi connectivity index (χ0v) is 26.6. The molecule has 0 saturated heterocycles. The fraction of sp³-hybridized carbons (Fsp3) is 0.444. The summed E-state index contributed by atoms with van der Waals surface area (Å²) >= 11 is 0. The van der Waals surface area contributed by atoms with Crippen molar-refractivity contribution >= 4 is 18.7 Å². The third-order valence-electron chi connectivity index (χ3n) is 7.49. The first-order valence-corrected chi connectivity index (χ1v) is 16.5. The third kappa shape index (κ3) is 10.6. The van der Waals surface area contributed by atoms with Gasteiger partial charge in [-0.1, -0.05) is 128 Å². The van der Waals surface area contributed by atoms with Gasteiger partial charge in [-0.15, -0.1) is 0 Å². The van der Waals surface area contributed by atoms with Crippen LogP contribution >= 0.6 is 0 Å². The predicted molar refractivity (Wildman–Crippen MR) is 173 cm³/mol. The van der Waals surface area contributed by atoms with Crippen LogP contribution in [0, 0.1) is 0 Å². The van der Waals surface area contributed by atoms with Gasteiger partial charge in [0, 0.05) is 0 Å². The predicted octanol–water partition coefficient (Wildman–Crippen LogP) is 8.68. The van der Waals surface area contributed by atoms with E-state index in [9.17, 15) is 0 Å². The molecular weight excluding hydrogens is 492 g/mol. The van der Waals surface area contributed by atoms with Crippen LogP contribution < -0.4 is 10.4 Å². The number of aliphatic hydroxyl groups is 1. The van der Waals surface area contributed by atoms with Crippen LogP contribution in [0.25, 0.3) is 0 Å². The highest BCUT2D eigenvalue weighted by Crippen LogP contribution is 2.36. The zero-order chi connectivity index (χ0) is 28.7. The number of aliphatic hydroxyl groups excluding tert-OH is 1. The second-order valence-electron chi connectivity index (χ2n) is 12.0. The molecule has 2 aromatic carbocycles. The van der Waals surface area contributed by atoms with Gasteiger partial charge in [0.25, 0.3) is 8.32 Å². The smallest absolute Gasteiger partial charge is 0.261 e. The van der Waals surface area contributed by atoms with Crippen LogP contribution in [0.15, 0.2) is 107 Å². The molecule has 0 unspecified atom stereocenters. The topological polar surface area (TPSA) is 29.5 Å². The summed E-state index contributed by atoms with van der Waals surface area (Å²) in [7, 11) is -2.48. The Hall–Kier alpha value is -2.46. The molecule has 0 atom stereocenters. The van der Waals surface area contributed by atoms with E-state index >= 15 is 0 Å². The van der Waals surface area contributed by atoms with Gasteiger partial charge in [0.15, 0.2) is 0 Å². The lowest BCUT2D eigenvalue weighted by molar-refractivity contribution is 0.331. The van der Waals surface area contributed by atoms with Crippen molar-refractivity contribution in [1.82, 2.24) is 0 Å². The average molecular weight is 545 g/mol. The Morgan fingerprint density at radius 2 is 1.03 bits per heavy atom. The monoisotopic (exact) mass is 544 g/mol. The first kappa shape index (κ1) is 32.7. The minimum Gasteiger partial charge on any atom is -0.404 e. The van der Waals surface area contributed by atoms with Crippen molar-refractivity contribution < 1.29 is 9.53 Å². The molecule has 0 amide bonds. The number of hydrogen-bond donors (Lipinski definition) is 1. The van der Waals surface area contributed by atoms with Crippen LogP contribution in [0.1, 0.15) is 87.0 Å². The Kier molecular flexibility index (Phi) is 13.9. The summed E-state index contributed by atoms with van der Waals surface area (Å²) in [6, 6.07) is 21.7. The maximum absolute atomic E-state index is 9.10. The number of hydrogen-bond acceptors (Lipinski definition) is 2. The molecule has 0 fully saturated rings. The first-order chi connectivity index (χ1) is 18.6. The first-order valence-electron chi connectivity index (χ1n) is 14.6. The molecular formula is C36H52O2Si. The second kappa shape index (κ2) is 16.6. The maximum atomic E-state index is 9.10. The van der Waals surface area contributed by atoms with Crippen molar-refractivity contribution in [2.24, 2.45) is 0 Å². The normalized spacial score (nSPS) is 14.2. The Morgan fingerprint density at radius 1 is 0.641 bits per heavy atom. The van der Waals surface area contributed by atoms with Gasteiger partial charge in [-0.2, -0.15) is 0 Å². The molecule has 1 N–H and O–H groups in total. The minimum absolute atomic E-state index is 0.000821. The van der Waals surface area contributed by atoms with E-state index in [-0.39, 0.29) is 11.6 Å². The molecule has 0 heterocycles. The largest absolute Gasteiger partial charge is 0.404 e. The van der Waals surface area contributed by atoms with Gasteiger partial charge >= 0.3 is 0 Å². The van der Waals surface area contributed by atoms with Crippen LogP contribution in [0.4, 0.5) is 0 Å². The highest BCUT2D eigenvalue weighted by Gasteiger charge is 2.49. The van der Waals surface area contributed by atoms with Crippen LogP contribution in [0.2, 0.25) is 5.04 Å². The molecule has 0 aliphatic heterocycles. The van der Waals surface area contributed by atoms with E-state index in [1.807, 2.05) is 6.92 Å². The Labute approximate surface area is 240 Å². The summed E-state index contributed by atoms with van der Waals surface area (Å²) in [5.41, 5.74) is 5.34. The second-order valence-corrected chi connectivity index (χ2v) is 16.3. The zero-order valence-electron chi connectivity index (χ0n) is 25.6. The van der Waals surface area contributed by atoms with Crippen molar-refractivity contribution in [2.75, 3.05) is 13.2 Å². The molecule has 0 aliphatic rings. The summed E-state index contributed by atoms with van der Waals surface area (Å²) in [6.45, 7) is 16.5. The molecule has 0 saturated carbocycles. The van der Waals surface area contributed by atoms with E-state index in [1.165, 1.54) is 27.1 Å². The molecule has 212 valence electrons. The minimum atomic E-state index is -2.48. The van der Waals surface area contributed by atoms with Crippen LogP contribution in [0.3, 0.4) is 0 Å². The summed E-state index contributed by atoms with van der Waals surface area (Å²) in [5, 5.41) is 11.8. The quantitative estimate of drug-likeness (QED) is 0.179. The Bertz CT molecular complexity index is 1060. The summed E-state index contributed by atoms with van der Waals surface area (Å²) < 4.78 is 7.01. The molecule has 0 bridgehead atoms. The van der Waals surface area contributed by atoms with Crippen molar-refractivity contribution in [1.29, 1.82) is 0 Å². The summed E-state index contributed by atoms with van der Waals surface area (Å²) in [6.07, 6.45) is 15.6. The highest BCUT2D eigenvalue weighted by molar-refractivity contribution is 6.99. The van der Waals surface area contributed by atoms with Gasteiger partial charge in [0.05, 0.1) is 13.2 Å². The standard InChI is InChI=1S/C36H52O2Si/c1-30(17-14-18-31(2)20-16-22-33(4)29-37)19-15-21-32(3)27-28-38-39(36(5,6)7,34-23-10-8-11-24-34)35-25-12-9-13-26-35/h8-13,18-19,22-27,37H,14-17,20-21,28-29H2,1-7H3/b30-19+,31-18+,32-27+,33-22+. The van der Waals surface area contributed by atoms with E-state index in [1.54, 1.807) is 0 Å². The molecule has 0 spiro atoms. The van der Waals surface area contributed by atoms with Crippen molar-refractivity contribution in [3.05, 3.63) is 107 Å². The van der Waals surface area contributed by atoms with Gasteiger partial charge in [0.2, 0.25) is 0 Å². The van der Waals surface area contributed by atoms with Crippen molar-refractivity contribution in [3.63, 3.8) is 0 Å². The number of benzene rings is 2. The van der Waals surface area contributed by atoms with E-state index in [2.05, 4.69) is 127 Å². The van der Waals surface area contributed by atoms with Gasteiger partial charge in [-0.3, -0.25) is 0 Å². The van der Waals surface area contributed by atoms with E-state index in [0.717, 1.165) is 44.1 Å². The average Bonchev–Trinajstić information content (AvgIpc) is 2.91. The van der Waals surface area contributed by atoms with Crippen LogP contribution in [-0.4, -0.2) is 26.6 Å². The fourth-order valence-electron chi connectivity index (χ4n) is 5.08. The van der Waals surface area contributed by atoms with Gasteiger partial charge < -0.3 is 9.53 Å². The van der Waals surface area contributed by atoms with Crippen LogP contribution in [-0.2, 0) is 4.43 Å². The lowest BCUT2D eigenvalue weighted by atomic mass is 10.0. The number of allylic oxidation sites excluding steroid dienone is 6. The molecule has 2 rings (SSSR count). The lowest BCUT2D eigenvalue weighted by Gasteiger charge is -2.42. The summed E-state index contributed by atoms with van der Waals surface area (Å²) in [5.74, 6) is 0. The molecule has 39 heavy (non-hydrogen) atoms. The van der Waals surface area contributed by atoms with Crippen molar-refractivity contribution in [2.45, 2.75) is 92.0 Å². The van der Waals surface area contributed by atoms with Gasteiger partial charge in [0.1, 0.15) is 0 Å². The van der Waals surface area contributed by atoms with E-state index < -0.39 is 8.32 Å². The van der Waals surface area contributed by atoms with Gasteiger partial charge in [-0.25, -0.2) is 0 Å². The molecule has 2 aromatic rings. The Morgan fingerprint density at radius 3 is 1.41 bits per heavy atom. The van der Waals surface area contributed by atoms with Gasteiger partial charge in [-0.05, 0) is 81.6 Å². The molecule has 0 aliphatic carbocycles.